The molecule has 0 atom stereocenters. The Morgan fingerprint density at radius 1 is 1.21 bits per heavy atom. The lowest BCUT2D eigenvalue weighted by molar-refractivity contribution is 0.0943. The number of pyridine rings is 1. The first kappa shape index (κ1) is 14.5. The zero-order valence-electron chi connectivity index (χ0n) is 12.5. The Morgan fingerprint density at radius 3 is 3.04 bits per heavy atom. The van der Waals surface area contributed by atoms with Gasteiger partial charge in [-0.25, -0.2) is 9.50 Å². The molecule has 0 bridgehead atoms. The first-order valence-electron chi connectivity index (χ1n) is 7.23. The predicted octanol–water partition coefficient (Wildman–Crippen LogP) is 2.18. The molecule has 0 aliphatic rings. The molecule has 0 aliphatic carbocycles. The Morgan fingerprint density at radius 2 is 2.17 bits per heavy atom. The molecule has 0 saturated heterocycles. The van der Waals surface area contributed by atoms with Crippen molar-refractivity contribution in [3.63, 3.8) is 0 Å². The summed E-state index contributed by atoms with van der Waals surface area (Å²) in [4.78, 5) is 25.1. The Balaban J connectivity index is 1.48. The summed E-state index contributed by atoms with van der Waals surface area (Å²) in [6, 6.07) is 7.32. The van der Waals surface area contributed by atoms with E-state index in [0.717, 1.165) is 21.9 Å². The average Bonchev–Trinajstić information content (AvgIpc) is 3.29. The van der Waals surface area contributed by atoms with Crippen LogP contribution >= 0.6 is 11.3 Å². The molecule has 4 rings (SSSR count). The summed E-state index contributed by atoms with van der Waals surface area (Å²) in [5, 5.41) is 9.72. The molecule has 118 valence electrons. The van der Waals surface area contributed by atoms with Gasteiger partial charge >= 0.3 is 0 Å². The van der Waals surface area contributed by atoms with Gasteiger partial charge in [0.2, 0.25) is 0 Å². The van der Waals surface area contributed by atoms with Crippen molar-refractivity contribution >= 4 is 22.8 Å². The highest BCUT2D eigenvalue weighted by atomic mass is 32.1. The van der Waals surface area contributed by atoms with Crippen LogP contribution in [0.15, 0.2) is 54.4 Å². The van der Waals surface area contributed by atoms with E-state index in [0.29, 0.717) is 12.2 Å². The second kappa shape index (κ2) is 6.17. The number of aromatic nitrogens is 5. The quantitative estimate of drug-likeness (QED) is 0.617. The molecule has 1 amide bonds. The van der Waals surface area contributed by atoms with Crippen molar-refractivity contribution in [3.8, 4) is 10.7 Å². The van der Waals surface area contributed by atoms with Gasteiger partial charge in [-0.3, -0.25) is 14.8 Å². The number of hydrogen-bond acceptors (Lipinski definition) is 6. The van der Waals surface area contributed by atoms with Crippen LogP contribution in [0.3, 0.4) is 0 Å². The van der Waals surface area contributed by atoms with Crippen molar-refractivity contribution in [1.29, 1.82) is 0 Å². The largest absolute Gasteiger partial charge is 0.345 e. The highest BCUT2D eigenvalue weighted by Gasteiger charge is 2.12. The van der Waals surface area contributed by atoms with Gasteiger partial charge in [0, 0.05) is 17.8 Å². The number of carbonyl (C=O) groups is 1. The van der Waals surface area contributed by atoms with Crippen LogP contribution in [-0.4, -0.2) is 30.5 Å². The van der Waals surface area contributed by atoms with E-state index in [1.54, 1.807) is 35.4 Å². The average molecular weight is 336 g/mol. The number of carbonyl (C=O) groups excluding carboxylic acids is 1. The fourth-order valence-corrected chi connectivity index (χ4v) is 3.08. The number of rotatable bonds is 4. The van der Waals surface area contributed by atoms with Crippen LogP contribution in [0.4, 0.5) is 0 Å². The Labute approximate surface area is 141 Å². The van der Waals surface area contributed by atoms with Crippen molar-refractivity contribution in [3.05, 3.63) is 65.8 Å². The first-order valence-corrected chi connectivity index (χ1v) is 8.11. The lowest BCUT2D eigenvalue weighted by atomic mass is 10.3. The van der Waals surface area contributed by atoms with Crippen molar-refractivity contribution in [2.45, 2.75) is 6.54 Å². The van der Waals surface area contributed by atoms with E-state index in [1.165, 1.54) is 11.3 Å². The van der Waals surface area contributed by atoms with Gasteiger partial charge in [-0.1, -0.05) is 6.07 Å². The Bertz CT molecular complexity index is 994. The highest BCUT2D eigenvalue weighted by molar-refractivity contribution is 7.13. The minimum atomic E-state index is -0.196. The number of fused-ring (bicyclic) bond motifs is 1. The van der Waals surface area contributed by atoms with Gasteiger partial charge in [-0.05, 0) is 18.2 Å². The van der Waals surface area contributed by atoms with Crippen LogP contribution in [0.5, 0.6) is 0 Å². The van der Waals surface area contributed by atoms with Gasteiger partial charge in [-0.15, -0.1) is 11.3 Å². The van der Waals surface area contributed by atoms with Gasteiger partial charge in [0.05, 0.1) is 30.1 Å². The maximum Gasteiger partial charge on any atom is 0.270 e. The summed E-state index contributed by atoms with van der Waals surface area (Å²) >= 11 is 1.47. The molecule has 4 aromatic rings. The molecule has 24 heavy (non-hydrogen) atoms. The van der Waals surface area contributed by atoms with Crippen LogP contribution in [0.1, 0.15) is 16.2 Å². The SMILES string of the molecule is O=C(NCc1csc(-c2cnccn2)n1)c1cccc2ccnn12. The van der Waals surface area contributed by atoms with E-state index in [1.807, 2.05) is 23.6 Å². The minimum absolute atomic E-state index is 0.196. The predicted molar refractivity (Wildman–Crippen MR) is 89.5 cm³/mol. The van der Waals surface area contributed by atoms with Crippen molar-refractivity contribution in [2.75, 3.05) is 0 Å². The second-order valence-electron chi connectivity index (χ2n) is 5.00. The van der Waals surface area contributed by atoms with Gasteiger partial charge in [-0.2, -0.15) is 5.10 Å². The molecular weight excluding hydrogens is 324 g/mol. The number of amides is 1. The molecule has 0 fully saturated rings. The lowest BCUT2D eigenvalue weighted by Crippen LogP contribution is -2.25. The van der Waals surface area contributed by atoms with Crippen LogP contribution < -0.4 is 5.32 Å². The molecule has 4 aromatic heterocycles. The number of nitrogens with one attached hydrogen (secondary N) is 1. The molecule has 0 aliphatic heterocycles. The highest BCUT2D eigenvalue weighted by Crippen LogP contribution is 2.20. The van der Waals surface area contributed by atoms with Crippen LogP contribution in [0.25, 0.3) is 16.2 Å². The maximum absolute atomic E-state index is 12.4. The molecule has 0 unspecified atom stereocenters. The molecule has 0 radical (unpaired) electrons. The number of thiazole rings is 1. The van der Waals surface area contributed by atoms with Crippen LogP contribution in [0.2, 0.25) is 0 Å². The second-order valence-corrected chi connectivity index (χ2v) is 5.85. The van der Waals surface area contributed by atoms with Crippen molar-refractivity contribution in [1.82, 2.24) is 29.9 Å². The van der Waals surface area contributed by atoms with Gasteiger partial charge in [0.1, 0.15) is 16.4 Å². The normalized spacial score (nSPS) is 10.8. The smallest absolute Gasteiger partial charge is 0.270 e. The van der Waals surface area contributed by atoms with Crippen molar-refractivity contribution < 1.29 is 4.79 Å². The monoisotopic (exact) mass is 336 g/mol. The molecule has 0 saturated carbocycles. The molecule has 0 aromatic carbocycles. The first-order chi connectivity index (χ1) is 11.8. The van der Waals surface area contributed by atoms with E-state index in [2.05, 4.69) is 25.4 Å². The van der Waals surface area contributed by atoms with E-state index in [4.69, 9.17) is 0 Å². The van der Waals surface area contributed by atoms with Crippen LogP contribution in [-0.2, 0) is 6.54 Å². The summed E-state index contributed by atoms with van der Waals surface area (Å²) in [7, 11) is 0. The minimum Gasteiger partial charge on any atom is -0.345 e. The third-order valence-electron chi connectivity index (χ3n) is 3.42. The molecule has 8 heteroatoms. The summed E-state index contributed by atoms with van der Waals surface area (Å²) < 4.78 is 1.61. The summed E-state index contributed by atoms with van der Waals surface area (Å²) in [5.41, 5.74) is 2.87. The fraction of sp³-hybridized carbons (Fsp3) is 0.0625. The van der Waals surface area contributed by atoms with Gasteiger partial charge in [0.15, 0.2) is 0 Å². The Hall–Kier alpha value is -3.13. The van der Waals surface area contributed by atoms with Gasteiger partial charge < -0.3 is 5.32 Å². The summed E-state index contributed by atoms with van der Waals surface area (Å²) in [6.07, 6.45) is 6.58. The third kappa shape index (κ3) is 2.74. The zero-order chi connectivity index (χ0) is 16.4. The Kier molecular flexibility index (Phi) is 3.72. The van der Waals surface area contributed by atoms with Gasteiger partial charge in [0.25, 0.3) is 5.91 Å². The van der Waals surface area contributed by atoms with E-state index >= 15 is 0 Å². The van der Waals surface area contributed by atoms with E-state index in [-0.39, 0.29) is 5.91 Å². The molecule has 1 N–H and O–H groups in total. The summed E-state index contributed by atoms with van der Waals surface area (Å²) in [5.74, 6) is -0.196. The maximum atomic E-state index is 12.4. The van der Waals surface area contributed by atoms with E-state index in [9.17, 15) is 4.79 Å². The van der Waals surface area contributed by atoms with Crippen LogP contribution in [0, 0.1) is 0 Å². The lowest BCUT2D eigenvalue weighted by Gasteiger charge is -2.05. The molecule has 0 spiro atoms. The fourth-order valence-electron chi connectivity index (χ4n) is 2.30. The number of hydrogen-bond donors (Lipinski definition) is 1. The third-order valence-corrected chi connectivity index (χ3v) is 4.33. The van der Waals surface area contributed by atoms with Crippen molar-refractivity contribution in [2.24, 2.45) is 0 Å². The topological polar surface area (TPSA) is 85.1 Å². The van der Waals surface area contributed by atoms with E-state index < -0.39 is 0 Å². The standard InChI is InChI=1S/C16H12N6OS/c23-15(14-3-1-2-12-4-5-20-22(12)14)19-8-11-10-24-16(21-11)13-9-17-6-7-18-13/h1-7,9-10H,8H2,(H,19,23). The zero-order valence-corrected chi connectivity index (χ0v) is 13.3. The summed E-state index contributed by atoms with van der Waals surface area (Å²) in [6.45, 7) is 0.341. The number of nitrogens with zero attached hydrogens (tertiary/aromatic N) is 5. The molecular formula is C16H12N6OS. The molecule has 4 heterocycles. The molecule has 7 nitrogen and oxygen atoms in total.